The number of halogens is 2. The van der Waals surface area contributed by atoms with Gasteiger partial charge in [-0.3, -0.25) is 15.1 Å². The van der Waals surface area contributed by atoms with Crippen LogP contribution in [0.25, 0.3) is 22.3 Å². The quantitative estimate of drug-likeness (QED) is 0.193. The van der Waals surface area contributed by atoms with Gasteiger partial charge in [0.15, 0.2) is 5.69 Å². The van der Waals surface area contributed by atoms with Gasteiger partial charge >= 0.3 is 5.69 Å². The smallest absolute Gasteiger partial charge is 0.316 e. The Bertz CT molecular complexity index is 964. The largest absolute Gasteiger partial charge is 0.344 e. The van der Waals surface area contributed by atoms with Gasteiger partial charge in [-0.2, -0.15) is 5.10 Å². The van der Waals surface area contributed by atoms with Gasteiger partial charge in [0, 0.05) is 17.8 Å². The molecule has 10 heteroatoms. The number of nitro groups is 1. The highest BCUT2D eigenvalue weighted by Gasteiger charge is 2.24. The summed E-state index contributed by atoms with van der Waals surface area (Å²) in [5, 5.41) is 16.5. The summed E-state index contributed by atoms with van der Waals surface area (Å²) in [4.78, 5) is 15.2. The lowest BCUT2D eigenvalue weighted by atomic mass is 10.1. The van der Waals surface area contributed by atoms with Crippen molar-refractivity contribution in [3.63, 3.8) is 0 Å². The van der Waals surface area contributed by atoms with Crippen LogP contribution in [0.2, 0.25) is 0 Å². The van der Waals surface area contributed by atoms with E-state index < -0.39 is 10.6 Å². The van der Waals surface area contributed by atoms with Crippen LogP contribution in [0, 0.1) is 17.0 Å². The number of aryl methyl sites for hydroxylation is 1. The van der Waals surface area contributed by atoms with Crippen molar-refractivity contribution in [3.05, 3.63) is 40.3 Å². The third kappa shape index (κ3) is 4.82. The summed E-state index contributed by atoms with van der Waals surface area (Å²) in [7, 11) is 0. The average molecular weight is 505 g/mol. The summed E-state index contributed by atoms with van der Waals surface area (Å²) in [6.07, 6.45) is 5.19. The summed E-state index contributed by atoms with van der Waals surface area (Å²) < 4.78 is 17.5. The van der Waals surface area contributed by atoms with Crippen LogP contribution in [0.4, 0.5) is 10.1 Å². The molecule has 1 atom stereocenters. The molecule has 0 amide bonds. The molecule has 1 unspecified atom stereocenters. The third-order valence-electron chi connectivity index (χ3n) is 3.73. The normalized spacial score (nSPS) is 11.8. The van der Waals surface area contributed by atoms with Crippen molar-refractivity contribution in [1.82, 2.24) is 19.1 Å². The molecule has 0 aliphatic rings. The second-order valence-corrected chi connectivity index (χ2v) is 8.47. The number of fused-ring (bicyclic) bond motifs is 1. The first-order valence-electron chi connectivity index (χ1n) is 8.45. The zero-order chi connectivity index (χ0) is 20.4. The predicted octanol–water partition coefficient (Wildman–Crippen LogP) is 5.68. The molecule has 3 aromatic rings. The molecule has 0 fully saturated rings. The lowest BCUT2D eigenvalue weighted by Crippen LogP contribution is -2.20. The second-order valence-electron chi connectivity index (χ2n) is 6.39. The van der Waals surface area contributed by atoms with Gasteiger partial charge < -0.3 is 4.57 Å². The fraction of sp³-hybridized carbons (Fsp3) is 0.412. The number of hydrogen-bond acceptors (Lipinski definition) is 4. The van der Waals surface area contributed by atoms with E-state index in [1.54, 1.807) is 12.3 Å². The molecule has 0 aliphatic carbocycles. The van der Waals surface area contributed by atoms with Crippen LogP contribution in [0.15, 0.2) is 24.7 Å². The van der Waals surface area contributed by atoms with Gasteiger partial charge in [-0.15, -0.1) is 0 Å². The van der Waals surface area contributed by atoms with Gasteiger partial charge in [0.1, 0.15) is 11.9 Å². The van der Waals surface area contributed by atoms with E-state index in [9.17, 15) is 14.5 Å². The van der Waals surface area contributed by atoms with E-state index in [1.165, 1.54) is 24.5 Å². The van der Waals surface area contributed by atoms with Crippen molar-refractivity contribution in [1.29, 1.82) is 0 Å². The fourth-order valence-electron chi connectivity index (χ4n) is 2.75. The first-order chi connectivity index (χ1) is 12.7. The summed E-state index contributed by atoms with van der Waals surface area (Å²) in [6.45, 7) is 9.15. The van der Waals surface area contributed by atoms with Crippen LogP contribution < -0.4 is 0 Å². The standard InChI is InChI=1S/C15H16FIN5O2P.C2H6/c1-9-6-20(8-15(2,3)16)12-4-11(18-5-10(9)12)14-13(22(23)24)7-21(19-14)25-17;1-2/h4-7,25H,8H2,1-3H3;1-2H3. The van der Waals surface area contributed by atoms with Gasteiger partial charge in [-0.25, -0.2) is 8.84 Å². The van der Waals surface area contributed by atoms with Gasteiger partial charge in [-0.1, -0.05) is 13.8 Å². The Labute approximate surface area is 171 Å². The highest BCUT2D eigenvalue weighted by molar-refractivity contribution is 14.2. The zero-order valence-corrected chi connectivity index (χ0v) is 19.0. The minimum absolute atomic E-state index is 0.0864. The summed E-state index contributed by atoms with van der Waals surface area (Å²) in [5.41, 5.74) is 0.930. The van der Waals surface area contributed by atoms with Crippen molar-refractivity contribution in [2.24, 2.45) is 0 Å². The molecule has 0 spiro atoms. The van der Waals surface area contributed by atoms with Crippen molar-refractivity contribution in [2.75, 3.05) is 0 Å². The van der Waals surface area contributed by atoms with E-state index >= 15 is 0 Å². The minimum Gasteiger partial charge on any atom is -0.344 e. The summed E-state index contributed by atoms with van der Waals surface area (Å²) in [5.74, 6) is 0. The molecule has 0 bridgehead atoms. The van der Waals surface area contributed by atoms with Gasteiger partial charge in [0.2, 0.25) is 0 Å². The van der Waals surface area contributed by atoms with Gasteiger partial charge in [-0.05, 0) is 54.4 Å². The maximum atomic E-state index is 14.1. The van der Waals surface area contributed by atoms with Crippen LogP contribution in [0.3, 0.4) is 0 Å². The van der Waals surface area contributed by atoms with E-state index in [0.717, 1.165) is 16.5 Å². The Morgan fingerprint density at radius 2 is 2.04 bits per heavy atom. The van der Waals surface area contributed by atoms with Crippen molar-refractivity contribution >= 4 is 45.0 Å². The van der Waals surface area contributed by atoms with Crippen molar-refractivity contribution in [3.8, 4) is 11.4 Å². The number of alkyl halides is 1. The maximum absolute atomic E-state index is 14.1. The topological polar surface area (TPSA) is 78.8 Å². The lowest BCUT2D eigenvalue weighted by molar-refractivity contribution is -0.384. The molecular weight excluding hydrogens is 483 g/mol. The second kappa shape index (κ2) is 8.60. The fourth-order valence-corrected chi connectivity index (χ4v) is 3.80. The van der Waals surface area contributed by atoms with E-state index in [2.05, 4.69) is 32.1 Å². The molecule has 0 aliphatic heterocycles. The van der Waals surface area contributed by atoms with E-state index in [4.69, 9.17) is 0 Å². The molecule has 3 aromatic heterocycles. The van der Waals surface area contributed by atoms with Crippen molar-refractivity contribution in [2.45, 2.75) is 46.8 Å². The molecule has 7 nitrogen and oxygen atoms in total. The molecule has 0 radical (unpaired) electrons. The van der Waals surface area contributed by atoms with Crippen LogP contribution in [0.5, 0.6) is 0 Å². The molecule has 0 N–H and O–H groups in total. The molecule has 27 heavy (non-hydrogen) atoms. The van der Waals surface area contributed by atoms with Crippen molar-refractivity contribution < 1.29 is 9.31 Å². The number of rotatable bonds is 5. The molecule has 0 saturated carbocycles. The average Bonchev–Trinajstić information content (AvgIpc) is 3.17. The summed E-state index contributed by atoms with van der Waals surface area (Å²) in [6, 6.07) is 1.74. The Hall–Kier alpha value is -1.61. The van der Waals surface area contributed by atoms with Crippen LogP contribution in [-0.4, -0.2) is 29.7 Å². The predicted molar refractivity (Wildman–Crippen MR) is 117 cm³/mol. The number of pyridine rings is 1. The Morgan fingerprint density at radius 1 is 1.37 bits per heavy atom. The number of nitrogens with zero attached hydrogens (tertiary/aromatic N) is 5. The van der Waals surface area contributed by atoms with Gasteiger partial charge in [0.25, 0.3) is 0 Å². The lowest BCUT2D eigenvalue weighted by Gasteiger charge is -2.16. The minimum atomic E-state index is -1.38. The van der Waals surface area contributed by atoms with E-state index in [1.807, 2.05) is 31.5 Å². The molecular formula is C17H22FIN5O2P. The first kappa shape index (κ1) is 21.7. The molecule has 3 rings (SSSR count). The number of hydrogen-bond donors (Lipinski definition) is 0. The maximum Gasteiger partial charge on any atom is 0.316 e. The summed E-state index contributed by atoms with van der Waals surface area (Å²) >= 11 is 2.10. The Balaban J connectivity index is 0.00000126. The van der Waals surface area contributed by atoms with Crippen LogP contribution in [0.1, 0.15) is 33.3 Å². The SMILES string of the molecule is CC.Cc1cn(CC(C)(C)F)c2cc(-c3nn(PI)cc3[N+](=O)[O-])ncc12. The van der Waals surface area contributed by atoms with Crippen LogP contribution >= 0.6 is 28.4 Å². The Kier molecular flexibility index (Phi) is 6.91. The molecule has 0 saturated heterocycles. The molecule has 3 heterocycles. The first-order valence-corrected chi connectivity index (χ1v) is 12.5. The van der Waals surface area contributed by atoms with E-state index in [-0.39, 0.29) is 24.3 Å². The van der Waals surface area contributed by atoms with Crippen LogP contribution in [-0.2, 0) is 6.54 Å². The highest BCUT2D eigenvalue weighted by Crippen LogP contribution is 2.34. The monoisotopic (exact) mass is 505 g/mol. The van der Waals surface area contributed by atoms with E-state index in [0.29, 0.717) is 5.69 Å². The zero-order valence-electron chi connectivity index (χ0n) is 15.8. The Morgan fingerprint density at radius 3 is 2.59 bits per heavy atom. The highest BCUT2D eigenvalue weighted by atomic mass is 127. The third-order valence-corrected chi connectivity index (χ3v) is 5.62. The molecule has 0 aromatic carbocycles. The molecule has 146 valence electrons. The van der Waals surface area contributed by atoms with Gasteiger partial charge in [0.05, 0.1) is 29.1 Å². The number of aromatic nitrogens is 4.